The molecule has 19 heavy (non-hydrogen) atoms. The van der Waals surface area contributed by atoms with Gasteiger partial charge >= 0.3 is 0 Å². The van der Waals surface area contributed by atoms with Gasteiger partial charge < -0.3 is 5.73 Å². The molecule has 5 nitrogen and oxygen atoms in total. The van der Waals surface area contributed by atoms with Gasteiger partial charge in [0.2, 0.25) is 5.95 Å². The predicted octanol–water partition coefficient (Wildman–Crippen LogP) is 2.18. The number of rotatable bonds is 2. The van der Waals surface area contributed by atoms with E-state index in [1.807, 2.05) is 42.5 Å². The lowest BCUT2D eigenvalue weighted by atomic mass is 10.2. The SMILES string of the molecule is Nc1nc(-c2ccccn2)cc(-c2ccccn2)n1. The standard InChI is InChI=1S/C14H11N5/c15-14-18-12(10-5-1-3-7-16-10)9-13(19-14)11-6-2-4-8-17-11/h1-9H,(H2,15,18,19). The first-order valence-corrected chi connectivity index (χ1v) is 5.80. The van der Waals surface area contributed by atoms with Crippen LogP contribution in [-0.2, 0) is 0 Å². The van der Waals surface area contributed by atoms with Crippen molar-refractivity contribution in [3.63, 3.8) is 0 Å². The fourth-order valence-corrected chi connectivity index (χ4v) is 1.76. The van der Waals surface area contributed by atoms with Gasteiger partial charge in [-0.25, -0.2) is 9.97 Å². The fraction of sp³-hybridized carbons (Fsp3) is 0. The summed E-state index contributed by atoms with van der Waals surface area (Å²) in [5.74, 6) is 0.212. The van der Waals surface area contributed by atoms with Crippen molar-refractivity contribution in [2.24, 2.45) is 0 Å². The van der Waals surface area contributed by atoms with Crippen molar-refractivity contribution in [3.05, 3.63) is 54.9 Å². The third kappa shape index (κ3) is 2.40. The van der Waals surface area contributed by atoms with Crippen molar-refractivity contribution in [2.45, 2.75) is 0 Å². The first-order valence-electron chi connectivity index (χ1n) is 5.80. The number of pyridine rings is 2. The highest BCUT2D eigenvalue weighted by atomic mass is 15.0. The average Bonchev–Trinajstić information content (AvgIpc) is 2.48. The van der Waals surface area contributed by atoms with Gasteiger partial charge in [-0.05, 0) is 30.3 Å². The van der Waals surface area contributed by atoms with E-state index < -0.39 is 0 Å². The molecule has 0 bridgehead atoms. The van der Waals surface area contributed by atoms with Crippen LogP contribution in [0.1, 0.15) is 0 Å². The molecule has 3 aromatic rings. The first kappa shape index (κ1) is 11.3. The van der Waals surface area contributed by atoms with E-state index in [-0.39, 0.29) is 5.95 Å². The van der Waals surface area contributed by atoms with Crippen LogP contribution in [0, 0.1) is 0 Å². The minimum atomic E-state index is 0.212. The Kier molecular flexibility index (Phi) is 2.86. The van der Waals surface area contributed by atoms with E-state index in [1.165, 1.54) is 0 Å². The Balaban J connectivity index is 2.12. The Labute approximate surface area is 110 Å². The van der Waals surface area contributed by atoms with Crippen molar-refractivity contribution in [1.82, 2.24) is 19.9 Å². The second-order valence-electron chi connectivity index (χ2n) is 3.93. The normalized spacial score (nSPS) is 10.3. The quantitative estimate of drug-likeness (QED) is 0.753. The largest absolute Gasteiger partial charge is 0.368 e. The summed E-state index contributed by atoms with van der Waals surface area (Å²) >= 11 is 0. The first-order chi connectivity index (χ1) is 9.33. The van der Waals surface area contributed by atoms with Gasteiger partial charge in [-0.1, -0.05) is 12.1 Å². The van der Waals surface area contributed by atoms with Crippen molar-refractivity contribution >= 4 is 5.95 Å². The van der Waals surface area contributed by atoms with E-state index in [0.717, 1.165) is 11.4 Å². The highest BCUT2D eigenvalue weighted by molar-refractivity contribution is 5.64. The maximum atomic E-state index is 5.76. The molecule has 0 unspecified atom stereocenters. The van der Waals surface area contributed by atoms with Crippen molar-refractivity contribution in [3.8, 4) is 22.8 Å². The summed E-state index contributed by atoms with van der Waals surface area (Å²) in [5.41, 5.74) is 8.65. The third-order valence-corrected chi connectivity index (χ3v) is 2.60. The van der Waals surface area contributed by atoms with Crippen LogP contribution in [0.25, 0.3) is 22.8 Å². The van der Waals surface area contributed by atoms with Crippen LogP contribution < -0.4 is 5.73 Å². The van der Waals surface area contributed by atoms with Gasteiger partial charge in [0.1, 0.15) is 0 Å². The van der Waals surface area contributed by atoms with E-state index >= 15 is 0 Å². The molecule has 0 amide bonds. The molecule has 2 N–H and O–H groups in total. The summed E-state index contributed by atoms with van der Waals surface area (Å²) in [4.78, 5) is 16.9. The molecule has 3 heterocycles. The minimum absolute atomic E-state index is 0.212. The maximum absolute atomic E-state index is 5.76. The van der Waals surface area contributed by atoms with E-state index in [2.05, 4.69) is 19.9 Å². The van der Waals surface area contributed by atoms with Crippen molar-refractivity contribution in [1.29, 1.82) is 0 Å². The summed E-state index contributed by atoms with van der Waals surface area (Å²) < 4.78 is 0. The van der Waals surface area contributed by atoms with Crippen LogP contribution in [0.15, 0.2) is 54.9 Å². The molecule has 0 atom stereocenters. The highest BCUT2D eigenvalue weighted by Crippen LogP contribution is 2.21. The molecule has 0 aromatic carbocycles. The zero-order valence-corrected chi connectivity index (χ0v) is 10.1. The Morgan fingerprint density at radius 3 is 1.63 bits per heavy atom. The van der Waals surface area contributed by atoms with E-state index in [0.29, 0.717) is 11.4 Å². The molecule has 0 fully saturated rings. The predicted molar refractivity (Wildman–Crippen MR) is 72.9 cm³/mol. The Hall–Kier alpha value is -2.82. The number of nitrogens with zero attached hydrogens (tertiary/aromatic N) is 4. The molecule has 0 aliphatic carbocycles. The van der Waals surface area contributed by atoms with E-state index in [1.54, 1.807) is 12.4 Å². The molecule has 5 heteroatoms. The second kappa shape index (κ2) is 4.81. The van der Waals surface area contributed by atoms with Crippen molar-refractivity contribution in [2.75, 3.05) is 5.73 Å². The number of hydrogen-bond donors (Lipinski definition) is 1. The zero-order valence-electron chi connectivity index (χ0n) is 10.1. The summed E-state index contributed by atoms with van der Waals surface area (Å²) in [6, 6.07) is 13.1. The molecule has 0 saturated heterocycles. The van der Waals surface area contributed by atoms with Crippen LogP contribution in [-0.4, -0.2) is 19.9 Å². The van der Waals surface area contributed by atoms with Crippen LogP contribution in [0.5, 0.6) is 0 Å². The Morgan fingerprint density at radius 2 is 1.21 bits per heavy atom. The van der Waals surface area contributed by atoms with Crippen LogP contribution >= 0.6 is 0 Å². The average molecular weight is 249 g/mol. The maximum Gasteiger partial charge on any atom is 0.221 e. The molecule has 0 aliphatic heterocycles. The topological polar surface area (TPSA) is 77.6 Å². The highest BCUT2D eigenvalue weighted by Gasteiger charge is 2.07. The Morgan fingerprint density at radius 1 is 0.684 bits per heavy atom. The summed E-state index contributed by atoms with van der Waals surface area (Å²) in [5, 5.41) is 0. The number of aromatic nitrogens is 4. The smallest absolute Gasteiger partial charge is 0.221 e. The molecule has 3 rings (SSSR count). The van der Waals surface area contributed by atoms with Gasteiger partial charge in [-0.3, -0.25) is 9.97 Å². The third-order valence-electron chi connectivity index (χ3n) is 2.60. The van der Waals surface area contributed by atoms with Gasteiger partial charge in [0, 0.05) is 12.4 Å². The van der Waals surface area contributed by atoms with E-state index in [4.69, 9.17) is 5.73 Å². The van der Waals surface area contributed by atoms with E-state index in [9.17, 15) is 0 Å². The summed E-state index contributed by atoms with van der Waals surface area (Å²) in [6.07, 6.45) is 3.43. The fourth-order valence-electron chi connectivity index (χ4n) is 1.76. The Bertz CT molecular complexity index is 625. The van der Waals surface area contributed by atoms with Crippen LogP contribution in [0.4, 0.5) is 5.95 Å². The molecule has 0 saturated carbocycles. The molecular formula is C14H11N5. The number of nitrogen functional groups attached to an aromatic ring is 1. The molecule has 0 aliphatic rings. The molecule has 0 radical (unpaired) electrons. The monoisotopic (exact) mass is 249 g/mol. The summed E-state index contributed by atoms with van der Waals surface area (Å²) in [6.45, 7) is 0. The van der Waals surface area contributed by atoms with Gasteiger partial charge in [-0.15, -0.1) is 0 Å². The molecular weight excluding hydrogens is 238 g/mol. The van der Waals surface area contributed by atoms with Gasteiger partial charge in [-0.2, -0.15) is 0 Å². The lowest BCUT2D eigenvalue weighted by Crippen LogP contribution is -1.99. The minimum Gasteiger partial charge on any atom is -0.368 e. The van der Waals surface area contributed by atoms with Crippen molar-refractivity contribution < 1.29 is 0 Å². The van der Waals surface area contributed by atoms with Gasteiger partial charge in [0.05, 0.1) is 22.8 Å². The lowest BCUT2D eigenvalue weighted by Gasteiger charge is -2.04. The number of hydrogen-bond acceptors (Lipinski definition) is 5. The number of nitrogens with two attached hydrogens (primary N) is 1. The van der Waals surface area contributed by atoms with Crippen LogP contribution in [0.3, 0.4) is 0 Å². The molecule has 3 aromatic heterocycles. The van der Waals surface area contributed by atoms with Gasteiger partial charge in [0.15, 0.2) is 0 Å². The molecule has 92 valence electrons. The second-order valence-corrected chi connectivity index (χ2v) is 3.93. The number of anilines is 1. The molecule has 0 spiro atoms. The zero-order chi connectivity index (χ0) is 13.1. The van der Waals surface area contributed by atoms with Gasteiger partial charge in [0.25, 0.3) is 0 Å². The van der Waals surface area contributed by atoms with Crippen LogP contribution in [0.2, 0.25) is 0 Å². The summed E-state index contributed by atoms with van der Waals surface area (Å²) in [7, 11) is 0. The lowest BCUT2D eigenvalue weighted by molar-refractivity contribution is 1.15.